The molecule has 1 aliphatic rings. The van der Waals surface area contributed by atoms with Gasteiger partial charge in [-0.2, -0.15) is 9.67 Å². The first-order valence-electron chi connectivity index (χ1n) is 11.6. The van der Waals surface area contributed by atoms with E-state index in [1.165, 1.54) is 9.58 Å². The smallest absolute Gasteiger partial charge is 0.326 e. The third-order valence-corrected chi connectivity index (χ3v) is 5.76. The predicted octanol–water partition coefficient (Wildman–Crippen LogP) is 3.37. The minimum absolute atomic E-state index is 0.0843. The fraction of sp³-hybridized carbons (Fsp3) is 0.333. The number of hydrogen-bond acceptors (Lipinski definition) is 4. The predicted molar refractivity (Wildman–Crippen MR) is 128 cm³/mol. The van der Waals surface area contributed by atoms with Crippen LogP contribution in [0.25, 0.3) is 17.0 Å². The number of aryl methyl sites for hydroxylation is 2. The normalized spacial score (nSPS) is 14.3. The van der Waals surface area contributed by atoms with Gasteiger partial charge in [0.2, 0.25) is 0 Å². The number of aromatic nitrogens is 3. The number of nitrogens with zero attached hydrogens (tertiary/aromatic N) is 4. The molecule has 0 saturated heterocycles. The Morgan fingerprint density at radius 1 is 0.971 bits per heavy atom. The Labute approximate surface area is 200 Å². The second-order valence-electron chi connectivity index (χ2n) is 9.60. The number of pyridine rings is 1. The molecule has 1 aliphatic heterocycles. The summed E-state index contributed by atoms with van der Waals surface area (Å²) in [5.41, 5.74) is 3.52. The molecule has 2 aromatic heterocycles. The molecule has 0 fully saturated rings. The van der Waals surface area contributed by atoms with Crippen molar-refractivity contribution in [1.82, 2.24) is 14.7 Å². The van der Waals surface area contributed by atoms with Crippen molar-refractivity contribution in [2.75, 3.05) is 6.54 Å². The van der Waals surface area contributed by atoms with Crippen LogP contribution < -0.4 is 9.67 Å². The quantitative estimate of drug-likeness (QED) is 0.419. The average molecular weight is 459 g/mol. The van der Waals surface area contributed by atoms with Gasteiger partial charge in [0.25, 0.3) is 11.6 Å². The van der Waals surface area contributed by atoms with Gasteiger partial charge in [0.15, 0.2) is 12.4 Å². The Morgan fingerprint density at radius 3 is 2.15 bits per heavy atom. The highest BCUT2D eigenvalue weighted by Gasteiger charge is 2.47. The molecule has 0 spiro atoms. The number of amides is 2. The van der Waals surface area contributed by atoms with Gasteiger partial charge >= 0.3 is 5.91 Å². The van der Waals surface area contributed by atoms with Gasteiger partial charge in [-0.1, -0.05) is 45.9 Å². The topological polar surface area (TPSA) is 82.1 Å². The molecule has 2 amide bonds. The molecule has 0 unspecified atom stereocenters. The molecule has 176 valence electrons. The van der Waals surface area contributed by atoms with E-state index in [0.29, 0.717) is 11.4 Å². The molecule has 3 heterocycles. The third kappa shape index (κ3) is 4.02. The zero-order valence-electron chi connectivity index (χ0n) is 20.5. The fourth-order valence-corrected chi connectivity index (χ4v) is 4.40. The number of para-hydroxylation sites is 1. The number of benzene rings is 1. The van der Waals surface area contributed by atoms with E-state index in [0.717, 1.165) is 11.1 Å². The number of carbonyl (C=O) groups excluding carboxylic acids is 2. The minimum atomic E-state index is -0.452. The lowest BCUT2D eigenvalue weighted by atomic mass is 9.98. The van der Waals surface area contributed by atoms with Gasteiger partial charge in [-0.3, -0.25) is 14.5 Å². The largest absolute Gasteiger partial charge is 0.858 e. The van der Waals surface area contributed by atoms with Gasteiger partial charge in [-0.25, -0.2) is 4.68 Å². The summed E-state index contributed by atoms with van der Waals surface area (Å²) >= 11 is 0. The maximum absolute atomic E-state index is 13.7. The molecule has 0 atom stereocenters. The van der Waals surface area contributed by atoms with Crippen LogP contribution >= 0.6 is 0 Å². The third-order valence-electron chi connectivity index (χ3n) is 5.76. The molecule has 0 aliphatic carbocycles. The Balaban J connectivity index is 2.04. The van der Waals surface area contributed by atoms with Crippen LogP contribution in [-0.4, -0.2) is 33.0 Å². The van der Waals surface area contributed by atoms with E-state index in [9.17, 15) is 14.7 Å². The molecular formula is C27H30N4O3. The zero-order chi connectivity index (χ0) is 24.7. The number of rotatable bonds is 6. The first-order valence-corrected chi connectivity index (χ1v) is 11.6. The van der Waals surface area contributed by atoms with Crippen molar-refractivity contribution in [2.45, 2.75) is 47.5 Å². The summed E-state index contributed by atoms with van der Waals surface area (Å²) in [5, 5.41) is 18.4. The lowest BCUT2D eigenvalue weighted by molar-refractivity contribution is -0.577. The Kier molecular flexibility index (Phi) is 6.13. The summed E-state index contributed by atoms with van der Waals surface area (Å²) in [5.74, 6) is -1.30. The van der Waals surface area contributed by atoms with E-state index in [1.807, 2.05) is 78.2 Å². The molecule has 34 heavy (non-hydrogen) atoms. The number of imide groups is 1. The molecule has 0 radical (unpaired) electrons. The van der Waals surface area contributed by atoms with Crippen LogP contribution in [0.3, 0.4) is 0 Å². The monoisotopic (exact) mass is 458 g/mol. The van der Waals surface area contributed by atoms with Gasteiger partial charge < -0.3 is 5.11 Å². The first-order chi connectivity index (χ1) is 16.1. The van der Waals surface area contributed by atoms with Crippen molar-refractivity contribution in [1.29, 1.82) is 0 Å². The minimum Gasteiger partial charge on any atom is -0.858 e. The van der Waals surface area contributed by atoms with Crippen LogP contribution in [0, 0.1) is 19.8 Å². The van der Waals surface area contributed by atoms with E-state index < -0.39 is 17.7 Å². The van der Waals surface area contributed by atoms with Gasteiger partial charge in [-0.15, -0.1) is 0 Å². The fourth-order valence-electron chi connectivity index (χ4n) is 4.40. The van der Waals surface area contributed by atoms with E-state index in [1.54, 1.807) is 16.7 Å². The molecule has 3 aromatic rings. The number of carbonyl (C=O) groups is 2. The summed E-state index contributed by atoms with van der Waals surface area (Å²) in [6, 6.07) is 11.1. The van der Waals surface area contributed by atoms with E-state index in [4.69, 9.17) is 0 Å². The van der Waals surface area contributed by atoms with E-state index in [-0.39, 0.29) is 35.2 Å². The molecule has 0 N–H and O–H groups in total. The first kappa shape index (κ1) is 23.4. The van der Waals surface area contributed by atoms with Gasteiger partial charge in [0.1, 0.15) is 5.57 Å². The second kappa shape index (κ2) is 8.89. The number of hydrogen-bond donors (Lipinski definition) is 0. The van der Waals surface area contributed by atoms with Crippen LogP contribution in [0.2, 0.25) is 0 Å². The van der Waals surface area contributed by atoms with Crippen LogP contribution in [0.15, 0.2) is 48.8 Å². The summed E-state index contributed by atoms with van der Waals surface area (Å²) in [6.45, 7) is 11.9. The van der Waals surface area contributed by atoms with Crippen molar-refractivity contribution >= 4 is 23.1 Å². The summed E-state index contributed by atoms with van der Waals surface area (Å²) in [4.78, 5) is 28.6. The molecule has 7 heteroatoms. The summed E-state index contributed by atoms with van der Waals surface area (Å²) < 4.78 is 3.01. The van der Waals surface area contributed by atoms with Crippen LogP contribution in [-0.2, 0) is 9.59 Å². The maximum Gasteiger partial charge on any atom is 0.326 e. The van der Waals surface area contributed by atoms with Crippen molar-refractivity contribution in [3.63, 3.8) is 0 Å². The van der Waals surface area contributed by atoms with Crippen LogP contribution in [0.5, 0.6) is 5.88 Å². The maximum atomic E-state index is 13.7. The van der Waals surface area contributed by atoms with Crippen molar-refractivity contribution in [2.24, 2.45) is 5.92 Å². The zero-order valence-corrected chi connectivity index (χ0v) is 20.5. The van der Waals surface area contributed by atoms with Crippen molar-refractivity contribution in [3.05, 3.63) is 71.2 Å². The highest BCUT2D eigenvalue weighted by atomic mass is 16.3. The Hall–Kier alpha value is -3.74. The van der Waals surface area contributed by atoms with Crippen LogP contribution in [0.4, 0.5) is 0 Å². The molecular weight excluding hydrogens is 428 g/mol. The van der Waals surface area contributed by atoms with E-state index >= 15 is 0 Å². The lowest BCUT2D eigenvalue weighted by Gasteiger charge is -2.17. The van der Waals surface area contributed by atoms with Gasteiger partial charge in [0.05, 0.1) is 11.4 Å². The SMILES string of the molecule is Cc1cc(C)c[n+](C2=C(c3c(C(C)C)nn(-c4ccccc4)c3[O-])C(=O)N(CC(C)C)C2=O)c1. The van der Waals surface area contributed by atoms with Gasteiger partial charge in [0, 0.05) is 23.2 Å². The average Bonchev–Trinajstić information content (AvgIpc) is 3.22. The highest BCUT2D eigenvalue weighted by Crippen LogP contribution is 2.39. The highest BCUT2D eigenvalue weighted by molar-refractivity contribution is 6.45. The van der Waals surface area contributed by atoms with Crippen molar-refractivity contribution < 1.29 is 19.3 Å². The Morgan fingerprint density at radius 2 is 1.59 bits per heavy atom. The second-order valence-corrected chi connectivity index (χ2v) is 9.60. The summed E-state index contributed by atoms with van der Waals surface area (Å²) in [6.07, 6.45) is 3.63. The van der Waals surface area contributed by atoms with Crippen molar-refractivity contribution in [3.8, 4) is 11.6 Å². The molecule has 0 bridgehead atoms. The van der Waals surface area contributed by atoms with E-state index in [2.05, 4.69) is 5.10 Å². The van der Waals surface area contributed by atoms with Crippen LogP contribution in [0.1, 0.15) is 56.0 Å². The molecule has 1 aromatic carbocycles. The van der Waals surface area contributed by atoms with Gasteiger partial charge in [-0.05, 0) is 49.8 Å². The summed E-state index contributed by atoms with van der Waals surface area (Å²) in [7, 11) is 0. The molecule has 4 rings (SSSR count). The standard InChI is InChI=1S/C27H30N4O3/c1-16(2)13-30-25(32)22(24(27(30)34)29-14-18(5)12-19(6)15-29)21-23(17(3)4)28-31(26(21)33)20-10-8-7-9-11-20/h7-12,14-17H,13H2,1-6H3. The Bertz CT molecular complexity index is 1280. The molecule has 7 nitrogen and oxygen atoms in total. The lowest BCUT2D eigenvalue weighted by Crippen LogP contribution is -2.41. The molecule has 0 saturated carbocycles.